The fraction of sp³-hybridized carbons (Fsp3) is 0.370. The van der Waals surface area contributed by atoms with E-state index in [1.165, 1.54) is 0 Å². The average molecular weight is 432 g/mol. The third-order valence-electron chi connectivity index (χ3n) is 6.11. The smallest absolute Gasteiger partial charge is 0.222 e. The average Bonchev–Trinajstić information content (AvgIpc) is 2.73. The van der Waals surface area contributed by atoms with Gasteiger partial charge < -0.3 is 9.47 Å². The molecule has 0 unspecified atom stereocenters. The van der Waals surface area contributed by atoms with E-state index in [2.05, 4.69) is 4.98 Å². The van der Waals surface area contributed by atoms with Crippen molar-refractivity contribution in [2.75, 3.05) is 0 Å². The minimum Gasteiger partial charge on any atom is -0.439 e. The zero-order chi connectivity index (χ0) is 23.3. The third-order valence-corrected chi connectivity index (χ3v) is 6.11. The van der Waals surface area contributed by atoms with Crippen LogP contribution in [-0.2, 0) is 20.7 Å². The molecular formula is C27H29NO4. The lowest BCUT2D eigenvalue weighted by Crippen LogP contribution is -2.58. The molecule has 1 aliphatic rings. The van der Waals surface area contributed by atoms with Crippen LogP contribution in [-0.4, -0.2) is 27.8 Å². The van der Waals surface area contributed by atoms with Crippen molar-refractivity contribution < 1.29 is 19.1 Å². The van der Waals surface area contributed by atoms with Gasteiger partial charge in [0.05, 0.1) is 5.52 Å². The molecule has 0 radical (unpaired) electrons. The molecule has 1 saturated heterocycles. The monoisotopic (exact) mass is 431 g/mol. The molecule has 0 aliphatic carbocycles. The number of ketones is 2. The first-order chi connectivity index (χ1) is 15.0. The Morgan fingerprint density at radius 3 is 2.28 bits per heavy atom. The second kappa shape index (κ2) is 7.82. The van der Waals surface area contributed by atoms with Crippen molar-refractivity contribution in [1.82, 2.24) is 4.98 Å². The molecule has 1 fully saturated rings. The molecule has 4 rings (SSSR count). The van der Waals surface area contributed by atoms with Crippen LogP contribution in [0.25, 0.3) is 10.9 Å². The number of aryl methyl sites for hydroxylation is 2. The summed E-state index contributed by atoms with van der Waals surface area (Å²) in [5.74, 6) is -0.296. The number of hydrogen-bond acceptors (Lipinski definition) is 5. The summed E-state index contributed by atoms with van der Waals surface area (Å²) in [6, 6.07) is 15.5. The van der Waals surface area contributed by atoms with Gasteiger partial charge >= 0.3 is 0 Å². The van der Waals surface area contributed by atoms with Crippen LogP contribution in [0.1, 0.15) is 57.2 Å². The van der Waals surface area contributed by atoms with E-state index in [1.54, 1.807) is 27.7 Å². The molecule has 166 valence electrons. The Morgan fingerprint density at radius 1 is 0.969 bits per heavy atom. The number of carbonyl (C=O) groups excluding carboxylic acids is 2. The molecule has 5 heteroatoms. The van der Waals surface area contributed by atoms with Gasteiger partial charge in [0.1, 0.15) is 22.9 Å². The quantitative estimate of drug-likeness (QED) is 0.495. The molecular weight excluding hydrogens is 402 g/mol. The maximum Gasteiger partial charge on any atom is 0.222 e. The molecule has 32 heavy (non-hydrogen) atoms. The molecule has 1 aliphatic heterocycles. The minimum atomic E-state index is -1.06. The van der Waals surface area contributed by atoms with Gasteiger partial charge in [-0.05, 0) is 76.4 Å². The standard InChI is InChI=1S/C27H29NO4/c1-7-17-12-13-19(31-25-16(2)14-18-10-8-9-11-21(18)28-25)15-20(17)22-23(29)26(3,4)32-27(5,6)24(22)30/h8-15,22H,7H2,1-6H3. The Bertz CT molecular complexity index is 1200. The highest BCUT2D eigenvalue weighted by atomic mass is 16.5. The second-order valence-corrected chi connectivity index (χ2v) is 9.40. The van der Waals surface area contributed by atoms with Gasteiger partial charge in [-0.25, -0.2) is 4.98 Å². The highest BCUT2D eigenvalue weighted by molar-refractivity contribution is 6.15. The molecule has 1 aromatic heterocycles. The van der Waals surface area contributed by atoms with E-state index >= 15 is 0 Å². The predicted molar refractivity (Wildman–Crippen MR) is 124 cm³/mol. The van der Waals surface area contributed by atoms with Crippen molar-refractivity contribution in [1.29, 1.82) is 0 Å². The maximum absolute atomic E-state index is 13.3. The van der Waals surface area contributed by atoms with Gasteiger partial charge in [-0.1, -0.05) is 31.2 Å². The third kappa shape index (κ3) is 3.82. The summed E-state index contributed by atoms with van der Waals surface area (Å²) in [6.45, 7) is 10.9. The van der Waals surface area contributed by atoms with Crippen molar-refractivity contribution >= 4 is 22.5 Å². The summed E-state index contributed by atoms with van der Waals surface area (Å²) >= 11 is 0. The maximum atomic E-state index is 13.3. The molecule has 0 atom stereocenters. The van der Waals surface area contributed by atoms with Crippen molar-refractivity contribution in [3.8, 4) is 11.6 Å². The van der Waals surface area contributed by atoms with Crippen LogP contribution < -0.4 is 4.74 Å². The summed E-state index contributed by atoms with van der Waals surface area (Å²) in [4.78, 5) is 31.2. The lowest BCUT2D eigenvalue weighted by atomic mass is 9.73. The number of aromatic nitrogens is 1. The molecule has 2 heterocycles. The van der Waals surface area contributed by atoms with E-state index in [-0.39, 0.29) is 11.6 Å². The van der Waals surface area contributed by atoms with Gasteiger partial charge in [0.25, 0.3) is 0 Å². The van der Waals surface area contributed by atoms with Gasteiger partial charge in [-0.15, -0.1) is 0 Å². The van der Waals surface area contributed by atoms with Crippen molar-refractivity contribution in [2.45, 2.75) is 65.1 Å². The number of pyridine rings is 1. The number of ether oxygens (including phenoxy) is 2. The zero-order valence-electron chi connectivity index (χ0n) is 19.5. The number of fused-ring (bicyclic) bond motifs is 1. The predicted octanol–water partition coefficient (Wildman–Crippen LogP) is 5.71. The van der Waals surface area contributed by atoms with Gasteiger partial charge in [-0.3, -0.25) is 9.59 Å². The van der Waals surface area contributed by atoms with Crippen molar-refractivity contribution in [3.05, 3.63) is 65.2 Å². The first-order valence-corrected chi connectivity index (χ1v) is 11.0. The Balaban J connectivity index is 1.78. The topological polar surface area (TPSA) is 65.5 Å². The van der Waals surface area contributed by atoms with Crippen LogP contribution in [0, 0.1) is 6.92 Å². The molecule has 0 N–H and O–H groups in total. The van der Waals surface area contributed by atoms with E-state index < -0.39 is 17.1 Å². The molecule has 3 aromatic rings. The minimum absolute atomic E-state index is 0.228. The summed E-state index contributed by atoms with van der Waals surface area (Å²) in [7, 11) is 0. The first-order valence-electron chi connectivity index (χ1n) is 11.0. The number of Topliss-reactive ketones (excluding diaryl/α,β-unsaturated/α-hetero) is 2. The molecule has 0 saturated carbocycles. The Morgan fingerprint density at radius 2 is 1.62 bits per heavy atom. The molecule has 0 bridgehead atoms. The van der Waals surface area contributed by atoms with Gasteiger partial charge in [0.15, 0.2) is 11.6 Å². The lowest BCUT2D eigenvalue weighted by Gasteiger charge is -2.43. The van der Waals surface area contributed by atoms with Crippen LogP contribution in [0.3, 0.4) is 0 Å². The summed E-state index contributed by atoms with van der Waals surface area (Å²) in [5.41, 5.74) is 1.27. The van der Waals surface area contributed by atoms with E-state index in [0.29, 0.717) is 23.6 Å². The van der Waals surface area contributed by atoms with Gasteiger partial charge in [0, 0.05) is 10.9 Å². The Labute approximate surface area is 188 Å². The molecule has 5 nitrogen and oxygen atoms in total. The SMILES string of the molecule is CCc1ccc(Oc2nc3ccccc3cc2C)cc1C1C(=O)C(C)(C)OC(C)(C)C1=O. The fourth-order valence-corrected chi connectivity index (χ4v) is 4.48. The Kier molecular flexibility index (Phi) is 5.41. The molecule has 0 amide bonds. The van der Waals surface area contributed by atoms with Crippen molar-refractivity contribution in [2.24, 2.45) is 0 Å². The van der Waals surface area contributed by atoms with Crippen molar-refractivity contribution in [3.63, 3.8) is 0 Å². The van der Waals surface area contributed by atoms with E-state index in [0.717, 1.165) is 22.0 Å². The van der Waals surface area contributed by atoms with E-state index in [4.69, 9.17) is 9.47 Å². The lowest BCUT2D eigenvalue weighted by molar-refractivity contribution is -0.184. The second-order valence-electron chi connectivity index (χ2n) is 9.40. The number of hydrogen-bond donors (Lipinski definition) is 0. The largest absolute Gasteiger partial charge is 0.439 e. The number of para-hydroxylation sites is 1. The zero-order valence-corrected chi connectivity index (χ0v) is 19.5. The summed E-state index contributed by atoms with van der Waals surface area (Å²) < 4.78 is 12.0. The highest BCUT2D eigenvalue weighted by Gasteiger charge is 2.53. The van der Waals surface area contributed by atoms with Crippen LogP contribution in [0.15, 0.2) is 48.5 Å². The van der Waals surface area contributed by atoms with Crippen LogP contribution >= 0.6 is 0 Å². The summed E-state index contributed by atoms with van der Waals surface area (Å²) in [6.07, 6.45) is 0.696. The number of nitrogens with zero attached hydrogens (tertiary/aromatic N) is 1. The number of benzene rings is 2. The number of carbonyl (C=O) groups is 2. The van der Waals surface area contributed by atoms with Gasteiger partial charge in [0.2, 0.25) is 5.88 Å². The van der Waals surface area contributed by atoms with E-state index in [9.17, 15) is 9.59 Å². The highest BCUT2D eigenvalue weighted by Crippen LogP contribution is 2.41. The van der Waals surface area contributed by atoms with Crippen LogP contribution in [0.5, 0.6) is 11.6 Å². The normalized spacial score (nSPS) is 18.2. The van der Waals surface area contributed by atoms with Crippen LogP contribution in [0.4, 0.5) is 0 Å². The fourth-order valence-electron chi connectivity index (χ4n) is 4.48. The number of rotatable bonds is 4. The molecule has 2 aromatic carbocycles. The first kappa shape index (κ1) is 22.2. The molecule has 0 spiro atoms. The van der Waals surface area contributed by atoms with Crippen LogP contribution in [0.2, 0.25) is 0 Å². The Hall–Kier alpha value is -3.05. The van der Waals surface area contributed by atoms with E-state index in [1.807, 2.05) is 62.4 Å². The van der Waals surface area contributed by atoms with Gasteiger partial charge in [-0.2, -0.15) is 0 Å². The summed E-state index contributed by atoms with van der Waals surface area (Å²) in [5, 5.41) is 1.04.